The number of halogens is 4. The van der Waals surface area contributed by atoms with Crippen LogP contribution in [0.2, 0.25) is 5.02 Å². The maximum Gasteiger partial charge on any atom is 0.416 e. The molecule has 5 nitrogen and oxygen atoms in total. The fourth-order valence-electron chi connectivity index (χ4n) is 2.33. The second-order valence-electron chi connectivity index (χ2n) is 6.36. The van der Waals surface area contributed by atoms with Gasteiger partial charge in [0.05, 0.1) is 10.5 Å². The average molecular weight is 435 g/mol. The van der Waals surface area contributed by atoms with E-state index in [1.165, 1.54) is 30.3 Å². The lowest BCUT2D eigenvalue weighted by molar-refractivity contribution is -0.137. The van der Waals surface area contributed by atoms with Crippen molar-refractivity contribution in [2.45, 2.75) is 31.0 Å². The second kappa shape index (κ2) is 8.50. The van der Waals surface area contributed by atoms with Crippen molar-refractivity contribution in [2.24, 2.45) is 5.92 Å². The van der Waals surface area contributed by atoms with E-state index in [0.29, 0.717) is 5.02 Å². The molecule has 0 aromatic heterocycles. The Labute approximate surface area is 166 Å². The van der Waals surface area contributed by atoms with Gasteiger partial charge < -0.3 is 5.32 Å². The molecule has 1 atom stereocenters. The Kier molecular flexibility index (Phi) is 6.74. The van der Waals surface area contributed by atoms with Gasteiger partial charge in [0.1, 0.15) is 6.04 Å². The van der Waals surface area contributed by atoms with E-state index in [1.54, 1.807) is 13.8 Å². The lowest BCUT2D eigenvalue weighted by Crippen LogP contribution is -2.47. The summed E-state index contributed by atoms with van der Waals surface area (Å²) in [5, 5.41) is 2.68. The molecule has 2 aromatic carbocycles. The summed E-state index contributed by atoms with van der Waals surface area (Å²) in [6, 6.07) is 8.25. The van der Waals surface area contributed by atoms with Gasteiger partial charge in [-0.1, -0.05) is 31.5 Å². The fourth-order valence-corrected chi connectivity index (χ4v) is 3.80. The van der Waals surface area contributed by atoms with Crippen molar-refractivity contribution in [3.8, 4) is 0 Å². The van der Waals surface area contributed by atoms with E-state index in [9.17, 15) is 26.4 Å². The molecule has 0 saturated heterocycles. The second-order valence-corrected chi connectivity index (χ2v) is 8.52. The van der Waals surface area contributed by atoms with Crippen molar-refractivity contribution < 1.29 is 26.4 Å². The third-order valence-corrected chi connectivity index (χ3v) is 5.52. The van der Waals surface area contributed by atoms with E-state index >= 15 is 0 Å². The maximum absolute atomic E-state index is 12.8. The topological polar surface area (TPSA) is 75.3 Å². The number of carbonyl (C=O) groups excluding carboxylic acids is 1. The van der Waals surface area contributed by atoms with Crippen molar-refractivity contribution in [3.05, 3.63) is 59.1 Å². The zero-order valence-electron chi connectivity index (χ0n) is 14.9. The zero-order valence-corrected chi connectivity index (χ0v) is 16.5. The van der Waals surface area contributed by atoms with Crippen molar-refractivity contribution in [2.75, 3.05) is 5.32 Å². The molecule has 0 aliphatic carbocycles. The van der Waals surface area contributed by atoms with Crippen molar-refractivity contribution in [1.29, 1.82) is 0 Å². The quantitative estimate of drug-likeness (QED) is 0.711. The normalized spacial score (nSPS) is 13.4. The Morgan fingerprint density at radius 1 is 1.07 bits per heavy atom. The molecular formula is C18H18ClF3N2O3S. The fraction of sp³-hybridized carbons (Fsp3) is 0.278. The van der Waals surface area contributed by atoms with E-state index in [4.69, 9.17) is 11.6 Å². The largest absolute Gasteiger partial charge is 0.416 e. The monoisotopic (exact) mass is 434 g/mol. The van der Waals surface area contributed by atoms with Crippen LogP contribution >= 0.6 is 11.6 Å². The Bertz CT molecular complexity index is 945. The van der Waals surface area contributed by atoms with Gasteiger partial charge in [-0.3, -0.25) is 4.79 Å². The first-order chi connectivity index (χ1) is 12.9. The summed E-state index contributed by atoms with van der Waals surface area (Å²) in [5.74, 6) is -1.24. The first kappa shape index (κ1) is 22.2. The number of nitrogens with one attached hydrogen (secondary N) is 2. The van der Waals surface area contributed by atoms with E-state index in [2.05, 4.69) is 10.0 Å². The van der Waals surface area contributed by atoms with Crippen molar-refractivity contribution in [1.82, 2.24) is 4.72 Å². The summed E-state index contributed by atoms with van der Waals surface area (Å²) < 4.78 is 65.8. The molecule has 0 aliphatic rings. The van der Waals surface area contributed by atoms with E-state index < -0.39 is 39.6 Å². The zero-order chi connectivity index (χ0) is 21.1. The van der Waals surface area contributed by atoms with Crippen molar-refractivity contribution >= 4 is 33.2 Å². The minimum atomic E-state index is -4.56. The van der Waals surface area contributed by atoms with Gasteiger partial charge in [-0.25, -0.2) is 8.42 Å². The molecule has 28 heavy (non-hydrogen) atoms. The molecule has 0 saturated carbocycles. The highest BCUT2D eigenvalue weighted by molar-refractivity contribution is 7.89. The van der Waals surface area contributed by atoms with Gasteiger partial charge in [-0.05, 0) is 48.4 Å². The highest BCUT2D eigenvalue weighted by atomic mass is 35.5. The summed E-state index contributed by atoms with van der Waals surface area (Å²) in [6.07, 6.45) is -4.56. The summed E-state index contributed by atoms with van der Waals surface area (Å²) in [7, 11) is -4.04. The van der Waals surface area contributed by atoms with Crippen LogP contribution in [0.5, 0.6) is 0 Å². The minimum absolute atomic E-state index is 0.0869. The van der Waals surface area contributed by atoms with E-state index in [0.717, 1.165) is 18.2 Å². The first-order valence-corrected chi connectivity index (χ1v) is 10.0. The number of anilines is 1. The summed E-state index contributed by atoms with van der Waals surface area (Å²) in [5.41, 5.74) is -1.01. The Hall–Kier alpha value is -2.10. The minimum Gasteiger partial charge on any atom is -0.325 e. The van der Waals surface area contributed by atoms with E-state index in [-0.39, 0.29) is 10.6 Å². The number of rotatable bonds is 6. The van der Waals surface area contributed by atoms with Gasteiger partial charge in [0.15, 0.2) is 0 Å². The predicted octanol–water partition coefficient (Wildman–Crippen LogP) is 4.30. The van der Waals surface area contributed by atoms with Crippen LogP contribution in [0.3, 0.4) is 0 Å². The SMILES string of the molecule is CC(C)C(NS(=O)(=O)c1ccc(Cl)cc1)C(=O)Nc1cccc(C(F)(F)F)c1. The molecule has 2 rings (SSSR count). The number of hydrogen-bond acceptors (Lipinski definition) is 3. The number of carbonyl (C=O) groups is 1. The lowest BCUT2D eigenvalue weighted by atomic mass is 10.0. The van der Waals surface area contributed by atoms with Gasteiger partial charge in [0.2, 0.25) is 15.9 Å². The number of alkyl halides is 3. The molecule has 0 radical (unpaired) electrons. The van der Waals surface area contributed by atoms with Gasteiger partial charge in [0.25, 0.3) is 0 Å². The summed E-state index contributed by atoms with van der Waals surface area (Å²) >= 11 is 5.74. The van der Waals surface area contributed by atoms with Gasteiger partial charge in [-0.15, -0.1) is 0 Å². The summed E-state index contributed by atoms with van der Waals surface area (Å²) in [4.78, 5) is 12.4. The van der Waals surface area contributed by atoms with E-state index in [1.807, 2.05) is 0 Å². The third-order valence-electron chi connectivity index (χ3n) is 3.81. The van der Waals surface area contributed by atoms with Crippen LogP contribution in [0.4, 0.5) is 18.9 Å². The van der Waals surface area contributed by atoms with Crippen LogP contribution in [-0.2, 0) is 21.0 Å². The molecule has 10 heteroatoms. The molecule has 0 fully saturated rings. The molecule has 1 unspecified atom stereocenters. The highest BCUT2D eigenvalue weighted by Crippen LogP contribution is 2.30. The maximum atomic E-state index is 12.8. The number of hydrogen-bond donors (Lipinski definition) is 2. The average Bonchev–Trinajstić information content (AvgIpc) is 2.59. The summed E-state index contributed by atoms with van der Waals surface area (Å²) in [6.45, 7) is 3.22. The highest BCUT2D eigenvalue weighted by Gasteiger charge is 2.32. The molecule has 152 valence electrons. The molecule has 0 heterocycles. The standard InChI is InChI=1S/C18H18ClF3N2O3S/c1-11(2)16(24-28(26,27)15-8-6-13(19)7-9-15)17(25)23-14-5-3-4-12(10-14)18(20,21)22/h3-11,16,24H,1-2H3,(H,23,25). The number of benzene rings is 2. The van der Waals surface area contributed by atoms with Crippen LogP contribution < -0.4 is 10.0 Å². The molecule has 2 aromatic rings. The first-order valence-electron chi connectivity index (χ1n) is 8.16. The molecule has 0 aliphatic heterocycles. The van der Waals surface area contributed by atoms with Crippen LogP contribution in [0.15, 0.2) is 53.4 Å². The van der Waals surface area contributed by atoms with Gasteiger partial charge in [0, 0.05) is 10.7 Å². The third kappa shape index (κ3) is 5.70. The van der Waals surface area contributed by atoms with Gasteiger partial charge >= 0.3 is 6.18 Å². The lowest BCUT2D eigenvalue weighted by Gasteiger charge is -2.22. The molecule has 0 bridgehead atoms. The molecule has 1 amide bonds. The van der Waals surface area contributed by atoms with Gasteiger partial charge in [-0.2, -0.15) is 17.9 Å². The predicted molar refractivity (Wildman–Crippen MR) is 100 cm³/mol. The van der Waals surface area contributed by atoms with Crippen LogP contribution in [0, 0.1) is 5.92 Å². The molecule has 2 N–H and O–H groups in total. The Morgan fingerprint density at radius 3 is 2.21 bits per heavy atom. The molecule has 0 spiro atoms. The van der Waals surface area contributed by atoms with Crippen molar-refractivity contribution in [3.63, 3.8) is 0 Å². The number of amides is 1. The number of sulfonamides is 1. The van der Waals surface area contributed by atoms with Crippen LogP contribution in [0.1, 0.15) is 19.4 Å². The Balaban J connectivity index is 2.22. The smallest absolute Gasteiger partial charge is 0.325 e. The molecular weight excluding hydrogens is 417 g/mol. The Morgan fingerprint density at radius 2 is 1.68 bits per heavy atom. The van der Waals surface area contributed by atoms with Crippen LogP contribution in [-0.4, -0.2) is 20.4 Å². The van der Waals surface area contributed by atoms with Crippen LogP contribution in [0.25, 0.3) is 0 Å².